The number of nitrogens with zero attached hydrogens (tertiary/aromatic N) is 2. The number of nitrogens with one attached hydrogen (secondary N) is 1. The van der Waals surface area contributed by atoms with Gasteiger partial charge in [0.25, 0.3) is 0 Å². The highest BCUT2D eigenvalue weighted by molar-refractivity contribution is 9.10. The number of hydrogen-bond donors (Lipinski definition) is 1. The van der Waals surface area contributed by atoms with Gasteiger partial charge in [0.15, 0.2) is 0 Å². The van der Waals surface area contributed by atoms with Gasteiger partial charge in [-0.2, -0.15) is 13.2 Å². The third-order valence-electron chi connectivity index (χ3n) is 3.39. The highest BCUT2D eigenvalue weighted by atomic mass is 79.9. The Morgan fingerprint density at radius 1 is 1.30 bits per heavy atom. The largest absolute Gasteiger partial charge is 0.389 e. The molecule has 0 aliphatic carbocycles. The van der Waals surface area contributed by atoms with E-state index < -0.39 is 12.6 Å². The molecule has 1 aliphatic rings. The molecule has 0 saturated carbocycles. The number of pyridine rings is 1. The molecule has 1 atom stereocenters. The first-order chi connectivity index (χ1) is 9.46. The first-order valence-corrected chi connectivity index (χ1v) is 7.38. The predicted octanol–water partition coefficient (Wildman–Crippen LogP) is 3.13. The third kappa shape index (κ3) is 4.71. The molecule has 1 saturated heterocycles. The van der Waals surface area contributed by atoms with Crippen molar-refractivity contribution >= 4 is 15.9 Å². The average molecular weight is 352 g/mol. The van der Waals surface area contributed by atoms with Crippen LogP contribution in [0.4, 0.5) is 13.2 Å². The lowest BCUT2D eigenvalue weighted by molar-refractivity contribution is -0.138. The van der Waals surface area contributed by atoms with Gasteiger partial charge in [-0.15, -0.1) is 0 Å². The normalized spacial score (nSPS) is 19.0. The van der Waals surface area contributed by atoms with E-state index in [-0.39, 0.29) is 12.5 Å². The van der Waals surface area contributed by atoms with Crippen molar-refractivity contribution in [1.82, 2.24) is 15.2 Å². The van der Waals surface area contributed by atoms with Crippen molar-refractivity contribution < 1.29 is 13.2 Å². The molecule has 2 heterocycles. The van der Waals surface area contributed by atoms with E-state index in [2.05, 4.69) is 31.1 Å². The van der Waals surface area contributed by atoms with Gasteiger partial charge in [-0.05, 0) is 34.5 Å². The molecule has 3 nitrogen and oxygen atoms in total. The van der Waals surface area contributed by atoms with Gasteiger partial charge in [0, 0.05) is 43.3 Å². The molecule has 2 rings (SSSR count). The maximum atomic E-state index is 12.5. The number of rotatable bonds is 4. The quantitative estimate of drug-likeness (QED) is 0.903. The zero-order valence-corrected chi connectivity index (χ0v) is 12.5. The fourth-order valence-electron chi connectivity index (χ4n) is 2.40. The highest BCUT2D eigenvalue weighted by Gasteiger charge is 2.31. The second kappa shape index (κ2) is 6.87. The van der Waals surface area contributed by atoms with E-state index in [1.54, 1.807) is 12.3 Å². The van der Waals surface area contributed by atoms with Crippen molar-refractivity contribution in [3.8, 4) is 0 Å². The Bertz CT molecular complexity index is 416. The molecule has 0 unspecified atom stereocenters. The first kappa shape index (κ1) is 15.7. The molecule has 0 aromatic carbocycles. The summed E-state index contributed by atoms with van der Waals surface area (Å²) in [5.41, 5.74) is 0.708. The van der Waals surface area contributed by atoms with Crippen LogP contribution in [0.2, 0.25) is 0 Å². The molecular formula is C13H17BrF3N3. The second-order valence-electron chi connectivity index (χ2n) is 4.86. The summed E-state index contributed by atoms with van der Waals surface area (Å²) in [6.07, 6.45) is -3.21. The van der Waals surface area contributed by atoms with Crippen LogP contribution in [-0.2, 0) is 0 Å². The van der Waals surface area contributed by atoms with Crippen molar-refractivity contribution in [1.29, 1.82) is 0 Å². The third-order valence-corrected chi connectivity index (χ3v) is 3.85. The predicted molar refractivity (Wildman–Crippen MR) is 74.4 cm³/mol. The molecule has 112 valence electrons. The Morgan fingerprint density at radius 2 is 2.00 bits per heavy atom. The smallest absolute Gasteiger partial charge is 0.314 e. The minimum Gasteiger partial charge on any atom is -0.314 e. The second-order valence-corrected chi connectivity index (χ2v) is 5.77. The Labute approximate surface area is 124 Å². The fourth-order valence-corrected chi connectivity index (χ4v) is 2.63. The molecule has 1 fully saturated rings. The number of hydrogen-bond acceptors (Lipinski definition) is 3. The molecule has 0 amide bonds. The van der Waals surface area contributed by atoms with Crippen LogP contribution in [0.15, 0.2) is 22.8 Å². The van der Waals surface area contributed by atoms with Crippen LogP contribution in [0.25, 0.3) is 0 Å². The van der Waals surface area contributed by atoms with Gasteiger partial charge in [0.1, 0.15) is 0 Å². The molecule has 1 aromatic rings. The molecule has 7 heteroatoms. The number of piperazine rings is 1. The zero-order chi connectivity index (χ0) is 14.6. The van der Waals surface area contributed by atoms with Gasteiger partial charge >= 0.3 is 6.18 Å². The molecule has 0 spiro atoms. The molecule has 1 aromatic heterocycles. The van der Waals surface area contributed by atoms with Crippen molar-refractivity contribution in [2.75, 3.05) is 26.2 Å². The van der Waals surface area contributed by atoms with E-state index in [0.717, 1.165) is 30.7 Å². The van der Waals surface area contributed by atoms with E-state index in [0.29, 0.717) is 5.69 Å². The number of alkyl halides is 3. The average Bonchev–Trinajstić information content (AvgIpc) is 2.41. The molecule has 1 aliphatic heterocycles. The van der Waals surface area contributed by atoms with Crippen molar-refractivity contribution in [3.63, 3.8) is 0 Å². The van der Waals surface area contributed by atoms with Crippen LogP contribution >= 0.6 is 15.9 Å². The molecule has 0 bridgehead atoms. The highest BCUT2D eigenvalue weighted by Crippen LogP contribution is 2.31. The number of aromatic nitrogens is 1. The van der Waals surface area contributed by atoms with Crippen LogP contribution < -0.4 is 5.32 Å². The van der Waals surface area contributed by atoms with Crippen LogP contribution in [0.5, 0.6) is 0 Å². The summed E-state index contributed by atoms with van der Waals surface area (Å²) >= 11 is 3.30. The van der Waals surface area contributed by atoms with Gasteiger partial charge in [-0.3, -0.25) is 9.88 Å². The van der Waals surface area contributed by atoms with E-state index in [9.17, 15) is 13.2 Å². The van der Waals surface area contributed by atoms with Crippen LogP contribution in [-0.4, -0.2) is 42.2 Å². The van der Waals surface area contributed by atoms with Gasteiger partial charge in [-0.25, -0.2) is 0 Å². The molecule has 1 N–H and O–H groups in total. The summed E-state index contributed by atoms with van der Waals surface area (Å²) in [4.78, 5) is 6.36. The Balaban J connectivity index is 2.12. The summed E-state index contributed by atoms with van der Waals surface area (Å²) in [5.74, 6) is 0. The molecule has 20 heavy (non-hydrogen) atoms. The van der Waals surface area contributed by atoms with E-state index in [1.165, 1.54) is 0 Å². The summed E-state index contributed by atoms with van der Waals surface area (Å²) < 4.78 is 38.3. The monoisotopic (exact) mass is 351 g/mol. The SMILES string of the molecule is FC(F)(F)CC[C@@H](c1ccc(Br)cn1)N1CCNCC1. The Hall–Kier alpha value is -0.660. The minimum absolute atomic E-state index is 0.0537. The Morgan fingerprint density at radius 3 is 2.55 bits per heavy atom. The van der Waals surface area contributed by atoms with Crippen molar-refractivity contribution in [3.05, 3.63) is 28.5 Å². The fraction of sp³-hybridized carbons (Fsp3) is 0.615. The topological polar surface area (TPSA) is 28.2 Å². The van der Waals surface area contributed by atoms with Gasteiger partial charge in [0.05, 0.1) is 11.7 Å². The maximum absolute atomic E-state index is 12.5. The van der Waals surface area contributed by atoms with Crippen molar-refractivity contribution in [2.24, 2.45) is 0 Å². The molecule has 0 radical (unpaired) electrons. The maximum Gasteiger partial charge on any atom is 0.389 e. The summed E-state index contributed by atoms with van der Waals surface area (Å²) in [5, 5.41) is 3.21. The van der Waals surface area contributed by atoms with Gasteiger partial charge < -0.3 is 5.32 Å². The standard InChI is InChI=1S/C13H17BrF3N3/c14-10-1-2-11(19-9-10)12(3-4-13(15,16)17)20-7-5-18-6-8-20/h1-2,9,12,18H,3-8H2/t12-/m0/s1. The van der Waals surface area contributed by atoms with Crippen LogP contribution in [0.1, 0.15) is 24.6 Å². The van der Waals surface area contributed by atoms with Crippen LogP contribution in [0.3, 0.4) is 0 Å². The zero-order valence-electron chi connectivity index (χ0n) is 11.0. The van der Waals surface area contributed by atoms with E-state index >= 15 is 0 Å². The summed E-state index contributed by atoms with van der Waals surface area (Å²) in [6.45, 7) is 3.11. The van der Waals surface area contributed by atoms with Gasteiger partial charge in [-0.1, -0.05) is 0 Å². The lowest BCUT2D eigenvalue weighted by atomic mass is 10.0. The van der Waals surface area contributed by atoms with E-state index in [1.807, 2.05) is 6.07 Å². The van der Waals surface area contributed by atoms with Crippen LogP contribution in [0, 0.1) is 0 Å². The lowest BCUT2D eigenvalue weighted by Crippen LogP contribution is -2.45. The number of halogens is 4. The van der Waals surface area contributed by atoms with Gasteiger partial charge in [0.2, 0.25) is 0 Å². The molecular weight excluding hydrogens is 335 g/mol. The lowest BCUT2D eigenvalue weighted by Gasteiger charge is -2.34. The van der Waals surface area contributed by atoms with E-state index in [4.69, 9.17) is 0 Å². The Kier molecular flexibility index (Phi) is 5.40. The summed E-state index contributed by atoms with van der Waals surface area (Å²) in [6, 6.07) is 3.35. The first-order valence-electron chi connectivity index (χ1n) is 6.59. The minimum atomic E-state index is -4.12. The van der Waals surface area contributed by atoms with Crippen molar-refractivity contribution in [2.45, 2.75) is 25.1 Å². The summed E-state index contributed by atoms with van der Waals surface area (Å²) in [7, 11) is 0.